The highest BCUT2D eigenvalue weighted by molar-refractivity contribution is 7.11. The first-order valence-corrected chi connectivity index (χ1v) is 7.15. The van der Waals surface area contributed by atoms with Gasteiger partial charge in [0.05, 0.1) is 18.8 Å². The lowest BCUT2D eigenvalue weighted by Crippen LogP contribution is -2.20. The smallest absolute Gasteiger partial charge is 0.128 e. The molecule has 2 aromatic heterocycles. The lowest BCUT2D eigenvalue weighted by Gasteiger charge is -2.10. The molecule has 0 radical (unpaired) electrons. The molecule has 0 amide bonds. The maximum Gasteiger partial charge on any atom is 0.128 e. The Labute approximate surface area is 116 Å². The highest BCUT2D eigenvalue weighted by Gasteiger charge is 2.11. The molecular weight excluding hydrogens is 268 g/mol. The van der Waals surface area contributed by atoms with Crippen molar-refractivity contribution < 1.29 is 0 Å². The summed E-state index contributed by atoms with van der Waals surface area (Å²) < 4.78 is 1.88. The molecule has 2 aromatic rings. The van der Waals surface area contributed by atoms with Crippen molar-refractivity contribution in [2.75, 3.05) is 0 Å². The van der Waals surface area contributed by atoms with Gasteiger partial charge in [-0.25, -0.2) is 9.97 Å². The largest absolute Gasteiger partial charge is 0.321 e. The quantitative estimate of drug-likeness (QED) is 0.918. The van der Waals surface area contributed by atoms with Gasteiger partial charge in [0.1, 0.15) is 16.0 Å². The maximum atomic E-state index is 5.95. The molecule has 0 aromatic carbocycles. The number of imidazole rings is 1. The lowest BCUT2D eigenvalue weighted by molar-refractivity contribution is 0.547. The predicted octanol–water partition coefficient (Wildman–Crippen LogP) is 2.94. The Morgan fingerprint density at radius 1 is 1.44 bits per heavy atom. The van der Waals surface area contributed by atoms with E-state index >= 15 is 0 Å². The summed E-state index contributed by atoms with van der Waals surface area (Å²) in [5, 5.41) is 5.19. The highest BCUT2D eigenvalue weighted by Crippen LogP contribution is 2.20. The van der Waals surface area contributed by atoms with E-state index in [2.05, 4.69) is 29.1 Å². The van der Waals surface area contributed by atoms with E-state index < -0.39 is 0 Å². The standard InChI is InChI=1S/C12H17ClN4S/c1-4-9-5-16-12(18-9)8(2)14-7-11-15-6-10(13)17(11)3/h5-6,8,14H,4,7H2,1-3H3. The molecule has 0 fully saturated rings. The van der Waals surface area contributed by atoms with E-state index in [9.17, 15) is 0 Å². The van der Waals surface area contributed by atoms with Crippen molar-refractivity contribution in [3.63, 3.8) is 0 Å². The summed E-state index contributed by atoms with van der Waals surface area (Å²) in [6.45, 7) is 4.94. The molecule has 18 heavy (non-hydrogen) atoms. The number of aromatic nitrogens is 3. The number of hydrogen-bond acceptors (Lipinski definition) is 4. The fourth-order valence-electron chi connectivity index (χ4n) is 1.61. The van der Waals surface area contributed by atoms with Crippen LogP contribution in [-0.2, 0) is 20.0 Å². The van der Waals surface area contributed by atoms with Gasteiger partial charge in [0.25, 0.3) is 0 Å². The first kappa shape index (κ1) is 13.5. The van der Waals surface area contributed by atoms with Crippen molar-refractivity contribution in [1.82, 2.24) is 19.9 Å². The molecule has 6 heteroatoms. The average molecular weight is 285 g/mol. The molecule has 0 aliphatic heterocycles. The molecule has 98 valence electrons. The summed E-state index contributed by atoms with van der Waals surface area (Å²) in [5.74, 6) is 0.930. The first-order chi connectivity index (χ1) is 8.61. The number of thiazole rings is 1. The summed E-state index contributed by atoms with van der Waals surface area (Å²) in [6, 6.07) is 0.228. The summed E-state index contributed by atoms with van der Waals surface area (Å²) in [5.41, 5.74) is 0. The third-order valence-electron chi connectivity index (χ3n) is 2.88. The third kappa shape index (κ3) is 2.91. The fourth-order valence-corrected chi connectivity index (χ4v) is 2.64. The molecule has 1 unspecified atom stereocenters. The summed E-state index contributed by atoms with van der Waals surface area (Å²) >= 11 is 7.70. The Hall–Kier alpha value is -0.910. The van der Waals surface area contributed by atoms with Crippen LogP contribution in [0.15, 0.2) is 12.4 Å². The van der Waals surface area contributed by atoms with E-state index in [-0.39, 0.29) is 6.04 Å². The fraction of sp³-hybridized carbons (Fsp3) is 0.500. The number of rotatable bonds is 5. The van der Waals surface area contributed by atoms with E-state index in [4.69, 9.17) is 11.6 Å². The van der Waals surface area contributed by atoms with Crippen molar-refractivity contribution in [2.45, 2.75) is 32.9 Å². The zero-order chi connectivity index (χ0) is 13.1. The van der Waals surface area contributed by atoms with E-state index in [1.54, 1.807) is 17.5 Å². The molecule has 1 N–H and O–H groups in total. The van der Waals surface area contributed by atoms with Crippen LogP contribution < -0.4 is 5.32 Å². The van der Waals surface area contributed by atoms with Crippen molar-refractivity contribution in [2.24, 2.45) is 7.05 Å². The van der Waals surface area contributed by atoms with Gasteiger partial charge in [-0.05, 0) is 13.3 Å². The van der Waals surface area contributed by atoms with Gasteiger partial charge < -0.3 is 9.88 Å². The number of aryl methyl sites for hydroxylation is 1. The van der Waals surface area contributed by atoms with Gasteiger partial charge >= 0.3 is 0 Å². The van der Waals surface area contributed by atoms with Crippen molar-refractivity contribution in [3.8, 4) is 0 Å². The van der Waals surface area contributed by atoms with E-state index in [0.29, 0.717) is 11.7 Å². The molecule has 0 spiro atoms. The van der Waals surface area contributed by atoms with Crippen LogP contribution in [0.2, 0.25) is 5.15 Å². The van der Waals surface area contributed by atoms with Crippen LogP contribution in [0, 0.1) is 0 Å². The lowest BCUT2D eigenvalue weighted by atomic mass is 10.3. The minimum Gasteiger partial charge on any atom is -0.321 e. The Morgan fingerprint density at radius 3 is 2.78 bits per heavy atom. The molecule has 1 atom stereocenters. The topological polar surface area (TPSA) is 42.7 Å². The minimum absolute atomic E-state index is 0.228. The zero-order valence-corrected chi connectivity index (χ0v) is 12.3. The van der Waals surface area contributed by atoms with Crippen LogP contribution >= 0.6 is 22.9 Å². The molecule has 0 aliphatic rings. The summed E-state index contributed by atoms with van der Waals surface area (Å²) in [7, 11) is 1.91. The zero-order valence-electron chi connectivity index (χ0n) is 10.8. The molecule has 2 rings (SSSR count). The number of nitrogens with zero attached hydrogens (tertiary/aromatic N) is 3. The maximum absolute atomic E-state index is 5.95. The number of halogens is 1. The van der Waals surface area contributed by atoms with Gasteiger partial charge in [0.15, 0.2) is 0 Å². The molecule has 4 nitrogen and oxygen atoms in total. The average Bonchev–Trinajstić information content (AvgIpc) is 2.96. The van der Waals surface area contributed by atoms with Gasteiger partial charge in [0, 0.05) is 18.1 Å². The van der Waals surface area contributed by atoms with Crippen LogP contribution in [0.25, 0.3) is 0 Å². The summed E-state index contributed by atoms with van der Waals surface area (Å²) in [6.07, 6.45) is 4.66. The second kappa shape index (κ2) is 5.82. The van der Waals surface area contributed by atoms with Crippen molar-refractivity contribution >= 4 is 22.9 Å². The molecule has 2 heterocycles. The van der Waals surface area contributed by atoms with Crippen LogP contribution in [0.1, 0.15) is 35.6 Å². The van der Waals surface area contributed by atoms with Gasteiger partial charge in [-0.2, -0.15) is 0 Å². The number of nitrogens with one attached hydrogen (secondary N) is 1. The van der Waals surface area contributed by atoms with Crippen LogP contribution in [0.4, 0.5) is 0 Å². The Balaban J connectivity index is 1.95. The van der Waals surface area contributed by atoms with E-state index in [1.807, 2.05) is 17.8 Å². The second-order valence-corrected chi connectivity index (χ2v) is 5.71. The number of hydrogen-bond donors (Lipinski definition) is 1. The molecule has 0 saturated heterocycles. The molecular formula is C12H17ClN4S. The van der Waals surface area contributed by atoms with E-state index in [0.717, 1.165) is 17.3 Å². The molecule has 0 aliphatic carbocycles. The third-order valence-corrected chi connectivity index (χ3v) is 4.56. The molecule has 0 bridgehead atoms. The predicted molar refractivity (Wildman–Crippen MR) is 75.0 cm³/mol. The first-order valence-electron chi connectivity index (χ1n) is 5.96. The second-order valence-electron chi connectivity index (χ2n) is 4.18. The normalized spacial score (nSPS) is 12.9. The van der Waals surface area contributed by atoms with Crippen molar-refractivity contribution in [1.29, 1.82) is 0 Å². The van der Waals surface area contributed by atoms with Crippen LogP contribution in [0.5, 0.6) is 0 Å². The van der Waals surface area contributed by atoms with Gasteiger partial charge in [-0.15, -0.1) is 11.3 Å². The Bertz CT molecular complexity index is 520. The SMILES string of the molecule is CCc1cnc(C(C)NCc2ncc(Cl)n2C)s1. The molecule has 0 saturated carbocycles. The van der Waals surface area contributed by atoms with Gasteiger partial charge in [-0.1, -0.05) is 18.5 Å². The summed E-state index contributed by atoms with van der Waals surface area (Å²) in [4.78, 5) is 10.0. The highest BCUT2D eigenvalue weighted by atomic mass is 35.5. The Morgan fingerprint density at radius 2 is 2.22 bits per heavy atom. The van der Waals surface area contributed by atoms with Crippen LogP contribution in [-0.4, -0.2) is 14.5 Å². The monoisotopic (exact) mass is 284 g/mol. The minimum atomic E-state index is 0.228. The Kier molecular flexibility index (Phi) is 4.37. The van der Waals surface area contributed by atoms with Crippen molar-refractivity contribution in [3.05, 3.63) is 33.3 Å². The van der Waals surface area contributed by atoms with Gasteiger partial charge in [0.2, 0.25) is 0 Å². The van der Waals surface area contributed by atoms with Gasteiger partial charge in [-0.3, -0.25) is 0 Å². The van der Waals surface area contributed by atoms with Crippen LogP contribution in [0.3, 0.4) is 0 Å². The van der Waals surface area contributed by atoms with E-state index in [1.165, 1.54) is 4.88 Å².